The number of esters is 1. The number of hydrogen-bond donors (Lipinski definition) is 3. The lowest BCUT2D eigenvalue weighted by atomic mass is 10.0. The zero-order valence-electron chi connectivity index (χ0n) is 51.3. The molecule has 0 aliphatic carbocycles. The molecule has 0 aliphatic rings. The number of carbonyl (C=O) groups is 2. The van der Waals surface area contributed by atoms with E-state index in [0.29, 0.717) is 25.9 Å². The molecule has 2 atom stereocenters. The van der Waals surface area contributed by atoms with E-state index in [1.165, 1.54) is 289 Å². The maximum absolute atomic E-state index is 12.5. The van der Waals surface area contributed by atoms with E-state index < -0.39 is 12.1 Å². The second-order valence-electron chi connectivity index (χ2n) is 23.5. The van der Waals surface area contributed by atoms with E-state index in [0.717, 1.165) is 51.4 Å². The molecule has 6 nitrogen and oxygen atoms in total. The average Bonchev–Trinajstić information content (AvgIpc) is 3.42. The summed E-state index contributed by atoms with van der Waals surface area (Å²) in [6.07, 6.45) is 83.2. The fourth-order valence-electron chi connectivity index (χ4n) is 10.7. The van der Waals surface area contributed by atoms with Crippen LogP contribution in [0, 0.1) is 0 Å². The molecular formula is C70H133NO5. The van der Waals surface area contributed by atoms with Crippen LogP contribution in [0.4, 0.5) is 0 Å². The first kappa shape index (κ1) is 74.1. The van der Waals surface area contributed by atoms with Gasteiger partial charge in [-0.3, -0.25) is 9.59 Å². The molecule has 76 heavy (non-hydrogen) atoms. The van der Waals surface area contributed by atoms with Crippen molar-refractivity contribution in [3.63, 3.8) is 0 Å². The van der Waals surface area contributed by atoms with Gasteiger partial charge in [-0.15, -0.1) is 0 Å². The summed E-state index contributed by atoms with van der Waals surface area (Å²) in [7, 11) is 0. The zero-order valence-corrected chi connectivity index (χ0v) is 51.3. The number of carbonyl (C=O) groups excluding carboxylic acids is 2. The van der Waals surface area contributed by atoms with E-state index in [2.05, 4.69) is 55.6 Å². The number of hydrogen-bond acceptors (Lipinski definition) is 5. The van der Waals surface area contributed by atoms with E-state index in [4.69, 9.17) is 4.74 Å². The Morgan fingerprint density at radius 2 is 0.671 bits per heavy atom. The van der Waals surface area contributed by atoms with Crippen molar-refractivity contribution in [2.75, 3.05) is 13.2 Å². The summed E-state index contributed by atoms with van der Waals surface area (Å²) in [4.78, 5) is 24.6. The minimum absolute atomic E-state index is 0.00777. The zero-order chi connectivity index (χ0) is 55.0. The third-order valence-electron chi connectivity index (χ3n) is 15.9. The van der Waals surface area contributed by atoms with E-state index >= 15 is 0 Å². The Morgan fingerprint density at radius 1 is 0.368 bits per heavy atom. The Hall–Kier alpha value is -1.92. The predicted octanol–water partition coefficient (Wildman–Crippen LogP) is 21.9. The highest BCUT2D eigenvalue weighted by Crippen LogP contribution is 2.18. The minimum Gasteiger partial charge on any atom is -0.466 e. The number of ether oxygens (including phenoxy) is 1. The van der Waals surface area contributed by atoms with E-state index in [9.17, 15) is 19.8 Å². The maximum Gasteiger partial charge on any atom is 0.305 e. The Kier molecular flexibility index (Phi) is 63.9. The maximum atomic E-state index is 12.5. The Balaban J connectivity index is 3.43. The quantitative estimate of drug-likeness (QED) is 0.0320. The molecule has 0 saturated carbocycles. The van der Waals surface area contributed by atoms with Gasteiger partial charge in [-0.25, -0.2) is 0 Å². The average molecular weight is 1070 g/mol. The molecule has 0 aromatic heterocycles. The van der Waals surface area contributed by atoms with Crippen molar-refractivity contribution >= 4 is 11.9 Å². The molecule has 3 N–H and O–H groups in total. The highest BCUT2D eigenvalue weighted by atomic mass is 16.5. The van der Waals surface area contributed by atoms with Crippen molar-refractivity contribution in [3.8, 4) is 0 Å². The number of unbranched alkanes of at least 4 members (excludes halogenated alkanes) is 47. The number of allylic oxidation sites excluding steroid dienone is 6. The molecule has 0 saturated heterocycles. The molecule has 0 aromatic rings. The molecule has 2 unspecified atom stereocenters. The molecule has 0 heterocycles. The molecule has 0 radical (unpaired) electrons. The van der Waals surface area contributed by atoms with Crippen LogP contribution in [0.5, 0.6) is 0 Å². The van der Waals surface area contributed by atoms with Crippen molar-refractivity contribution in [1.82, 2.24) is 5.32 Å². The number of aliphatic hydroxyl groups is 2. The highest BCUT2D eigenvalue weighted by molar-refractivity contribution is 5.76. The molecule has 0 aromatic carbocycles. The number of rotatable bonds is 64. The van der Waals surface area contributed by atoms with Crippen molar-refractivity contribution in [2.45, 2.75) is 386 Å². The van der Waals surface area contributed by atoms with E-state index in [1.54, 1.807) is 0 Å². The van der Waals surface area contributed by atoms with Gasteiger partial charge in [-0.05, 0) is 77.0 Å². The van der Waals surface area contributed by atoms with Gasteiger partial charge >= 0.3 is 5.97 Å². The summed E-state index contributed by atoms with van der Waals surface area (Å²) in [5.41, 5.74) is 0. The third kappa shape index (κ3) is 61.3. The number of nitrogens with one attached hydrogen (secondary N) is 1. The standard InChI is InChI=1S/C70H133NO5/c1-3-5-7-9-11-13-15-17-19-20-21-22-23-24-25-26-29-32-35-38-42-46-50-54-58-62-68(73)67(66-72)71-69(74)63-59-55-51-47-43-39-36-33-30-27-28-31-34-37-41-45-49-53-57-61-65-76-70(75)64-60-56-52-48-44-40-18-16-14-12-10-8-6-4-2/h10,12,16,18,27,30,67-68,72-73H,3-9,11,13-15,17,19-26,28-29,31-66H2,1-2H3,(H,71,74)/b12-10-,18-16-,30-27-. The fourth-order valence-corrected chi connectivity index (χ4v) is 10.7. The summed E-state index contributed by atoms with van der Waals surface area (Å²) in [5, 5.41) is 23.4. The van der Waals surface area contributed by atoms with Crippen LogP contribution in [0.25, 0.3) is 0 Å². The summed E-state index contributed by atoms with van der Waals surface area (Å²) in [6, 6.07) is -0.550. The molecular weight excluding hydrogens is 935 g/mol. The highest BCUT2D eigenvalue weighted by Gasteiger charge is 2.20. The van der Waals surface area contributed by atoms with Crippen molar-refractivity contribution in [3.05, 3.63) is 36.5 Å². The Morgan fingerprint density at radius 3 is 1.05 bits per heavy atom. The molecule has 0 spiro atoms. The first-order valence-electron chi connectivity index (χ1n) is 34.2. The molecule has 448 valence electrons. The van der Waals surface area contributed by atoms with Gasteiger partial charge in [0.15, 0.2) is 0 Å². The monoisotopic (exact) mass is 1070 g/mol. The summed E-state index contributed by atoms with van der Waals surface area (Å²) >= 11 is 0. The molecule has 0 aliphatic heterocycles. The molecule has 0 rings (SSSR count). The lowest BCUT2D eigenvalue weighted by molar-refractivity contribution is -0.143. The van der Waals surface area contributed by atoms with Gasteiger partial charge in [0.05, 0.1) is 25.4 Å². The molecule has 0 bridgehead atoms. The molecule has 0 fully saturated rings. The topological polar surface area (TPSA) is 95.9 Å². The van der Waals surface area contributed by atoms with Crippen LogP contribution >= 0.6 is 0 Å². The largest absolute Gasteiger partial charge is 0.466 e. The second-order valence-corrected chi connectivity index (χ2v) is 23.5. The van der Waals surface area contributed by atoms with Crippen LogP contribution in [0.1, 0.15) is 373 Å². The third-order valence-corrected chi connectivity index (χ3v) is 15.9. The minimum atomic E-state index is -0.672. The van der Waals surface area contributed by atoms with Crippen molar-refractivity contribution < 1.29 is 24.5 Å². The van der Waals surface area contributed by atoms with E-state index in [1.807, 2.05) is 0 Å². The lowest BCUT2D eigenvalue weighted by Crippen LogP contribution is -2.45. The van der Waals surface area contributed by atoms with Gasteiger partial charge < -0.3 is 20.3 Å². The fraction of sp³-hybridized carbons (Fsp3) is 0.886. The van der Waals surface area contributed by atoms with Crippen LogP contribution < -0.4 is 5.32 Å². The van der Waals surface area contributed by atoms with Gasteiger partial charge in [0.2, 0.25) is 5.91 Å². The summed E-state index contributed by atoms with van der Waals surface area (Å²) < 4.78 is 5.47. The van der Waals surface area contributed by atoms with Crippen LogP contribution in [-0.2, 0) is 14.3 Å². The summed E-state index contributed by atoms with van der Waals surface area (Å²) in [5.74, 6) is -0.0478. The van der Waals surface area contributed by atoms with Gasteiger partial charge in [-0.1, -0.05) is 320 Å². The van der Waals surface area contributed by atoms with Gasteiger partial charge in [0, 0.05) is 12.8 Å². The van der Waals surface area contributed by atoms with Crippen molar-refractivity contribution in [2.24, 2.45) is 0 Å². The lowest BCUT2D eigenvalue weighted by Gasteiger charge is -2.22. The smallest absolute Gasteiger partial charge is 0.305 e. The number of amides is 1. The molecule has 6 heteroatoms. The van der Waals surface area contributed by atoms with Gasteiger partial charge in [0.1, 0.15) is 0 Å². The number of aliphatic hydroxyl groups excluding tert-OH is 2. The van der Waals surface area contributed by atoms with Crippen LogP contribution in [0.15, 0.2) is 36.5 Å². The van der Waals surface area contributed by atoms with Gasteiger partial charge in [0.25, 0.3) is 0 Å². The Labute approximate surface area is 474 Å². The van der Waals surface area contributed by atoms with Crippen molar-refractivity contribution in [1.29, 1.82) is 0 Å². The first-order chi connectivity index (χ1) is 37.5. The van der Waals surface area contributed by atoms with Crippen LogP contribution in [-0.4, -0.2) is 47.4 Å². The first-order valence-corrected chi connectivity index (χ1v) is 34.2. The van der Waals surface area contributed by atoms with Gasteiger partial charge in [-0.2, -0.15) is 0 Å². The van der Waals surface area contributed by atoms with E-state index in [-0.39, 0.29) is 18.5 Å². The SMILES string of the molecule is CCCC/C=C\C/C=C\CCCCCCCC(=O)OCCCCCCCCCCC/C=C\CCCCCCCCCC(=O)NC(CO)C(O)CCCCCCCCCCCCCCCCCCCCCCCCCCC. The molecule has 1 amide bonds. The predicted molar refractivity (Wildman–Crippen MR) is 333 cm³/mol. The summed E-state index contributed by atoms with van der Waals surface area (Å²) in [6.45, 7) is 4.92. The Bertz CT molecular complexity index is 1230. The van der Waals surface area contributed by atoms with Crippen LogP contribution in [0.3, 0.4) is 0 Å². The second kappa shape index (κ2) is 65.6. The normalized spacial score (nSPS) is 12.7. The van der Waals surface area contributed by atoms with Crippen LogP contribution in [0.2, 0.25) is 0 Å².